The molecule has 5 nitrogen and oxygen atoms in total. The largest absolute Gasteiger partial charge is 0.416 e. The number of imide groups is 1. The maximum atomic E-state index is 13.2. The third-order valence-electron chi connectivity index (χ3n) is 5.01. The molecule has 1 heterocycles. The van der Waals surface area contributed by atoms with Crippen LogP contribution in [0, 0.1) is 13.8 Å². The lowest BCUT2D eigenvalue weighted by Gasteiger charge is -2.15. The summed E-state index contributed by atoms with van der Waals surface area (Å²) in [6.07, 6.45) is -4.07. The molecule has 31 heavy (non-hydrogen) atoms. The molecule has 1 aliphatic heterocycles. The van der Waals surface area contributed by atoms with Crippen molar-refractivity contribution in [2.45, 2.75) is 26.4 Å². The molecule has 0 atom stereocenters. The molecule has 0 aliphatic carbocycles. The molecule has 0 bridgehead atoms. The SMILES string of the molecule is COCCCN1C(=O)C(Nc2cccc(C(F)(F)F)c2)=C(c2ccc(C)cc2C)C1=O. The fourth-order valence-electron chi connectivity index (χ4n) is 3.52. The van der Waals surface area contributed by atoms with Crippen LogP contribution in [0.1, 0.15) is 28.7 Å². The van der Waals surface area contributed by atoms with Crippen molar-refractivity contribution in [1.82, 2.24) is 4.90 Å². The van der Waals surface area contributed by atoms with Crippen molar-refractivity contribution in [2.75, 3.05) is 25.6 Å². The fraction of sp³-hybridized carbons (Fsp3) is 0.304. The van der Waals surface area contributed by atoms with Crippen LogP contribution in [0.2, 0.25) is 0 Å². The van der Waals surface area contributed by atoms with E-state index in [1.54, 1.807) is 6.07 Å². The van der Waals surface area contributed by atoms with Crippen molar-refractivity contribution in [1.29, 1.82) is 0 Å². The van der Waals surface area contributed by atoms with Gasteiger partial charge in [-0.2, -0.15) is 13.2 Å². The second-order valence-corrected chi connectivity index (χ2v) is 7.38. The summed E-state index contributed by atoms with van der Waals surface area (Å²) >= 11 is 0. The number of rotatable bonds is 7. The number of carbonyl (C=O) groups is 2. The molecule has 0 aromatic heterocycles. The van der Waals surface area contributed by atoms with Crippen molar-refractivity contribution in [3.05, 3.63) is 70.4 Å². The minimum absolute atomic E-state index is 0.0336. The predicted molar refractivity (Wildman–Crippen MR) is 111 cm³/mol. The number of anilines is 1. The minimum atomic E-state index is -4.52. The Kier molecular flexibility index (Phi) is 6.50. The zero-order valence-corrected chi connectivity index (χ0v) is 17.5. The van der Waals surface area contributed by atoms with E-state index >= 15 is 0 Å². The van der Waals surface area contributed by atoms with E-state index in [2.05, 4.69) is 5.32 Å². The van der Waals surface area contributed by atoms with Gasteiger partial charge in [0, 0.05) is 25.9 Å². The Balaban J connectivity index is 2.05. The topological polar surface area (TPSA) is 58.6 Å². The highest BCUT2D eigenvalue weighted by molar-refractivity contribution is 6.36. The number of nitrogens with zero attached hydrogens (tertiary/aromatic N) is 1. The van der Waals surface area contributed by atoms with E-state index < -0.39 is 23.6 Å². The van der Waals surface area contributed by atoms with Crippen molar-refractivity contribution in [3.63, 3.8) is 0 Å². The number of alkyl halides is 3. The third kappa shape index (κ3) is 4.80. The zero-order valence-electron chi connectivity index (χ0n) is 17.5. The van der Waals surface area contributed by atoms with Gasteiger partial charge in [0.05, 0.1) is 11.1 Å². The van der Waals surface area contributed by atoms with Crippen LogP contribution in [-0.4, -0.2) is 37.0 Å². The maximum absolute atomic E-state index is 13.2. The number of aryl methyl sites for hydroxylation is 2. The molecular weight excluding hydrogens is 409 g/mol. The normalized spacial score (nSPS) is 14.6. The molecule has 1 N–H and O–H groups in total. The van der Waals surface area contributed by atoms with Gasteiger partial charge in [0.1, 0.15) is 5.70 Å². The summed E-state index contributed by atoms with van der Waals surface area (Å²) in [6, 6.07) is 9.99. The van der Waals surface area contributed by atoms with Gasteiger partial charge in [-0.25, -0.2) is 0 Å². The average molecular weight is 432 g/mol. The number of hydrogen-bond donors (Lipinski definition) is 1. The van der Waals surface area contributed by atoms with E-state index in [-0.39, 0.29) is 23.5 Å². The molecule has 0 radical (unpaired) electrons. The molecule has 2 aromatic rings. The third-order valence-corrected chi connectivity index (χ3v) is 5.01. The summed E-state index contributed by atoms with van der Waals surface area (Å²) in [6.45, 7) is 4.24. The Morgan fingerprint density at radius 1 is 1.03 bits per heavy atom. The highest BCUT2D eigenvalue weighted by Crippen LogP contribution is 2.34. The van der Waals surface area contributed by atoms with Crippen LogP contribution in [0.3, 0.4) is 0 Å². The molecule has 164 valence electrons. The van der Waals surface area contributed by atoms with E-state index in [0.717, 1.165) is 28.2 Å². The van der Waals surface area contributed by atoms with Crippen molar-refractivity contribution in [2.24, 2.45) is 0 Å². The van der Waals surface area contributed by atoms with Crippen LogP contribution < -0.4 is 5.32 Å². The smallest absolute Gasteiger partial charge is 0.385 e. The van der Waals surface area contributed by atoms with Crippen molar-refractivity contribution < 1.29 is 27.5 Å². The number of benzene rings is 2. The summed E-state index contributed by atoms with van der Waals surface area (Å²) in [5.41, 5.74) is 1.69. The number of halogens is 3. The highest BCUT2D eigenvalue weighted by atomic mass is 19.4. The molecule has 0 spiro atoms. The molecule has 1 aliphatic rings. The number of carbonyl (C=O) groups excluding carboxylic acids is 2. The first kappa shape index (κ1) is 22.6. The van der Waals surface area contributed by atoms with Crippen LogP contribution in [0.4, 0.5) is 18.9 Å². The molecule has 3 rings (SSSR count). The average Bonchev–Trinajstić information content (AvgIpc) is 2.92. The molecule has 0 unspecified atom stereocenters. The Morgan fingerprint density at radius 3 is 2.42 bits per heavy atom. The van der Waals surface area contributed by atoms with E-state index in [1.807, 2.05) is 26.0 Å². The Labute approximate surface area is 178 Å². The van der Waals surface area contributed by atoms with Gasteiger partial charge in [-0.3, -0.25) is 14.5 Å². The van der Waals surface area contributed by atoms with Crippen molar-refractivity contribution >= 4 is 23.1 Å². The first-order valence-electron chi connectivity index (χ1n) is 9.74. The Bertz CT molecular complexity index is 1040. The number of ether oxygens (including phenoxy) is 1. The molecule has 0 saturated carbocycles. The van der Waals surface area contributed by atoms with Crippen molar-refractivity contribution in [3.8, 4) is 0 Å². The van der Waals surface area contributed by atoms with Gasteiger partial charge in [-0.1, -0.05) is 29.8 Å². The van der Waals surface area contributed by atoms with Gasteiger partial charge < -0.3 is 10.1 Å². The number of nitrogens with one attached hydrogen (secondary N) is 1. The highest BCUT2D eigenvalue weighted by Gasteiger charge is 2.39. The van der Waals surface area contributed by atoms with E-state index in [4.69, 9.17) is 4.74 Å². The predicted octanol–water partition coefficient (Wildman–Crippen LogP) is 4.55. The standard InChI is InChI=1S/C23H23F3N2O3/c1-14-8-9-18(15(2)12-14)19-20(22(30)28(21(19)29)10-5-11-31-3)27-17-7-4-6-16(13-17)23(24,25)26/h4,6-9,12-13,27H,5,10-11H2,1-3H3. The Morgan fingerprint density at radius 2 is 1.77 bits per heavy atom. The number of hydrogen-bond acceptors (Lipinski definition) is 4. The second-order valence-electron chi connectivity index (χ2n) is 7.38. The molecule has 2 aromatic carbocycles. The van der Waals surface area contributed by atoms with Crippen LogP contribution in [-0.2, 0) is 20.5 Å². The molecule has 0 saturated heterocycles. The van der Waals surface area contributed by atoms with Gasteiger partial charge in [0.15, 0.2) is 0 Å². The second kappa shape index (κ2) is 8.93. The molecule has 8 heteroatoms. The van der Waals surface area contributed by atoms with Crippen LogP contribution >= 0.6 is 0 Å². The lowest BCUT2D eigenvalue weighted by molar-refractivity contribution is -0.138. The van der Waals surface area contributed by atoms with Gasteiger partial charge in [-0.05, 0) is 49.6 Å². The fourth-order valence-corrected chi connectivity index (χ4v) is 3.52. The summed E-state index contributed by atoms with van der Waals surface area (Å²) in [5.74, 6) is -1.06. The molecule has 0 fully saturated rings. The van der Waals surface area contributed by atoms with E-state index in [1.165, 1.54) is 19.2 Å². The van der Waals surface area contributed by atoms with Crippen LogP contribution in [0.5, 0.6) is 0 Å². The van der Waals surface area contributed by atoms with Gasteiger partial charge in [0.2, 0.25) is 0 Å². The van der Waals surface area contributed by atoms with E-state index in [0.29, 0.717) is 18.6 Å². The minimum Gasteiger partial charge on any atom is -0.385 e. The van der Waals surface area contributed by atoms with Gasteiger partial charge >= 0.3 is 6.18 Å². The summed E-state index contributed by atoms with van der Waals surface area (Å²) in [5, 5.41) is 2.78. The molecule has 2 amide bonds. The maximum Gasteiger partial charge on any atom is 0.416 e. The molecular formula is C23H23F3N2O3. The van der Waals surface area contributed by atoms with E-state index in [9.17, 15) is 22.8 Å². The summed E-state index contributed by atoms with van der Waals surface area (Å²) < 4.78 is 44.3. The van der Waals surface area contributed by atoms with Crippen LogP contribution in [0.25, 0.3) is 5.57 Å². The number of amides is 2. The monoisotopic (exact) mass is 432 g/mol. The lowest BCUT2D eigenvalue weighted by atomic mass is 9.97. The van der Waals surface area contributed by atoms with Gasteiger partial charge in [0.25, 0.3) is 11.8 Å². The summed E-state index contributed by atoms with van der Waals surface area (Å²) in [4.78, 5) is 27.3. The summed E-state index contributed by atoms with van der Waals surface area (Å²) in [7, 11) is 1.52. The quantitative estimate of drug-likeness (QED) is 0.515. The first-order valence-corrected chi connectivity index (χ1v) is 9.74. The first-order chi connectivity index (χ1) is 14.6. The Hall–Kier alpha value is -3.13. The number of methoxy groups -OCH3 is 1. The van der Waals surface area contributed by atoms with Crippen LogP contribution in [0.15, 0.2) is 48.2 Å². The lowest BCUT2D eigenvalue weighted by Crippen LogP contribution is -2.34. The zero-order chi connectivity index (χ0) is 22.8. The van der Waals surface area contributed by atoms with Gasteiger partial charge in [-0.15, -0.1) is 0 Å².